The number of Topliss-reactive ketones (excluding diaryl/α,β-unsaturated/α-hetero) is 1. The first kappa shape index (κ1) is 24.8. The summed E-state index contributed by atoms with van der Waals surface area (Å²) < 4.78 is 0. The van der Waals surface area contributed by atoms with Crippen LogP contribution in [0.2, 0.25) is 0 Å². The molecule has 0 rings (SSSR count). The number of ketones is 1. The molecule has 0 saturated carbocycles. The minimum atomic E-state index is -0.00917. The number of hydrogen-bond acceptors (Lipinski definition) is 3. The summed E-state index contributed by atoms with van der Waals surface area (Å²) in [4.78, 5) is 14.1. The van der Waals surface area contributed by atoms with Gasteiger partial charge in [0.05, 0.1) is 6.04 Å². The number of hydrogen-bond donors (Lipinski definition) is 1. The van der Waals surface area contributed by atoms with Crippen LogP contribution in [0.15, 0.2) is 34.9 Å². The van der Waals surface area contributed by atoms with Crippen molar-refractivity contribution in [1.29, 1.82) is 0 Å². The second-order valence-electron chi connectivity index (χ2n) is 7.47. The third-order valence-electron chi connectivity index (χ3n) is 4.78. The van der Waals surface area contributed by atoms with Crippen molar-refractivity contribution in [3.8, 4) is 0 Å². The summed E-state index contributed by atoms with van der Waals surface area (Å²) in [6.45, 7) is 18.0. The van der Waals surface area contributed by atoms with Gasteiger partial charge < -0.3 is 5.32 Å². The van der Waals surface area contributed by atoms with Crippen molar-refractivity contribution >= 4 is 5.78 Å². The first-order chi connectivity index (χ1) is 12.3. The number of nitrogens with one attached hydrogen (secondary N) is 1. The predicted molar refractivity (Wildman–Crippen MR) is 116 cm³/mol. The van der Waals surface area contributed by atoms with Gasteiger partial charge in [-0.25, -0.2) is 0 Å². The number of allylic oxidation sites excluding steroid dienone is 5. The number of rotatable bonds is 14. The summed E-state index contributed by atoms with van der Waals surface area (Å²) in [5, 5.41) is 3.42. The van der Waals surface area contributed by atoms with Gasteiger partial charge in [-0.1, -0.05) is 48.8 Å². The van der Waals surface area contributed by atoms with E-state index in [9.17, 15) is 4.79 Å². The maximum Gasteiger partial charge on any atom is 0.148 e. The molecule has 0 bridgehead atoms. The fourth-order valence-corrected chi connectivity index (χ4v) is 3.00. The van der Waals surface area contributed by atoms with Crippen LogP contribution < -0.4 is 5.32 Å². The molecular formula is C23H42N2O. The standard InChI is InChI=1S/C23H42N2O/c1-8-25(9-2)23(22(7)26)18-24-17-16-21(6)15-11-14-20(5)13-10-12-19(3)4/h12,14,16,23-24H,8-11,13,15,17-18H2,1-7H3. The zero-order chi connectivity index (χ0) is 19.9. The minimum Gasteiger partial charge on any atom is -0.311 e. The molecule has 3 nitrogen and oxygen atoms in total. The predicted octanol–water partition coefficient (Wildman–Crippen LogP) is 5.29. The van der Waals surface area contributed by atoms with Crippen molar-refractivity contribution in [3.63, 3.8) is 0 Å². The van der Waals surface area contributed by atoms with Crippen molar-refractivity contribution in [2.24, 2.45) is 0 Å². The van der Waals surface area contributed by atoms with E-state index in [0.717, 1.165) is 51.9 Å². The number of carbonyl (C=O) groups is 1. The number of likely N-dealkylation sites (N-methyl/N-ethyl adjacent to an activating group) is 1. The van der Waals surface area contributed by atoms with E-state index in [1.54, 1.807) is 6.92 Å². The highest BCUT2D eigenvalue weighted by Gasteiger charge is 2.19. The Morgan fingerprint density at radius 3 is 1.92 bits per heavy atom. The van der Waals surface area contributed by atoms with E-state index >= 15 is 0 Å². The molecule has 26 heavy (non-hydrogen) atoms. The van der Waals surface area contributed by atoms with Crippen molar-refractivity contribution in [1.82, 2.24) is 10.2 Å². The molecule has 0 aromatic heterocycles. The van der Waals surface area contributed by atoms with Gasteiger partial charge in [-0.15, -0.1) is 0 Å². The van der Waals surface area contributed by atoms with Crippen LogP contribution >= 0.6 is 0 Å². The average Bonchev–Trinajstić information content (AvgIpc) is 2.57. The SMILES string of the molecule is CCN(CC)C(CNCC=C(C)CCC=C(C)CCC=C(C)C)C(C)=O. The molecule has 0 heterocycles. The van der Waals surface area contributed by atoms with Gasteiger partial charge in [-0.2, -0.15) is 0 Å². The zero-order valence-corrected chi connectivity index (χ0v) is 18.3. The van der Waals surface area contributed by atoms with Crippen LogP contribution in [0.1, 0.15) is 74.1 Å². The maximum atomic E-state index is 11.8. The third-order valence-corrected chi connectivity index (χ3v) is 4.78. The first-order valence-corrected chi connectivity index (χ1v) is 10.2. The lowest BCUT2D eigenvalue weighted by atomic mass is 10.1. The molecule has 0 fully saturated rings. The van der Waals surface area contributed by atoms with Crippen LogP contribution in [0.25, 0.3) is 0 Å². The van der Waals surface area contributed by atoms with Crippen LogP contribution in [0.5, 0.6) is 0 Å². The lowest BCUT2D eigenvalue weighted by molar-refractivity contribution is -0.121. The molecule has 0 aliphatic carbocycles. The summed E-state index contributed by atoms with van der Waals surface area (Å²) in [6, 6.07) is -0.00917. The van der Waals surface area contributed by atoms with Crippen molar-refractivity contribution in [3.05, 3.63) is 34.9 Å². The van der Waals surface area contributed by atoms with Crippen molar-refractivity contribution in [2.45, 2.75) is 80.2 Å². The van der Waals surface area contributed by atoms with Gasteiger partial charge in [-0.3, -0.25) is 9.69 Å². The fourth-order valence-electron chi connectivity index (χ4n) is 3.00. The molecule has 0 aromatic carbocycles. The third kappa shape index (κ3) is 12.2. The lowest BCUT2D eigenvalue weighted by Crippen LogP contribution is -2.46. The Kier molecular flexibility index (Phi) is 14.2. The van der Waals surface area contributed by atoms with E-state index in [4.69, 9.17) is 0 Å². The monoisotopic (exact) mass is 362 g/mol. The highest BCUT2D eigenvalue weighted by Crippen LogP contribution is 2.11. The lowest BCUT2D eigenvalue weighted by Gasteiger charge is -2.27. The zero-order valence-electron chi connectivity index (χ0n) is 18.3. The molecule has 1 N–H and O–H groups in total. The first-order valence-electron chi connectivity index (χ1n) is 10.2. The van der Waals surface area contributed by atoms with Gasteiger partial charge in [0.15, 0.2) is 0 Å². The van der Waals surface area contributed by atoms with Crippen molar-refractivity contribution in [2.75, 3.05) is 26.2 Å². The molecular weight excluding hydrogens is 320 g/mol. The van der Waals surface area contributed by atoms with Gasteiger partial charge in [0.2, 0.25) is 0 Å². The Morgan fingerprint density at radius 1 is 0.885 bits per heavy atom. The van der Waals surface area contributed by atoms with E-state index in [0.29, 0.717) is 0 Å². The number of carbonyl (C=O) groups excluding carboxylic acids is 1. The van der Waals surface area contributed by atoms with Crippen LogP contribution in [0.3, 0.4) is 0 Å². The van der Waals surface area contributed by atoms with E-state index < -0.39 is 0 Å². The highest BCUT2D eigenvalue weighted by molar-refractivity contribution is 5.81. The van der Waals surface area contributed by atoms with Crippen LogP contribution in [-0.2, 0) is 4.79 Å². The van der Waals surface area contributed by atoms with Gasteiger partial charge in [0, 0.05) is 13.1 Å². The Hall–Kier alpha value is -1.19. The molecule has 1 unspecified atom stereocenters. The molecule has 0 aliphatic heterocycles. The molecule has 0 radical (unpaired) electrons. The minimum absolute atomic E-state index is 0.00917. The van der Waals surface area contributed by atoms with Gasteiger partial charge in [0.25, 0.3) is 0 Å². The van der Waals surface area contributed by atoms with Gasteiger partial charge in [0.1, 0.15) is 5.78 Å². The summed E-state index contributed by atoms with van der Waals surface area (Å²) in [6.07, 6.45) is 11.5. The fraction of sp³-hybridized carbons (Fsp3) is 0.696. The highest BCUT2D eigenvalue weighted by atomic mass is 16.1. The summed E-state index contributed by atoms with van der Waals surface area (Å²) in [5.41, 5.74) is 4.29. The van der Waals surface area contributed by atoms with Crippen LogP contribution in [0, 0.1) is 0 Å². The van der Waals surface area contributed by atoms with Crippen LogP contribution in [-0.4, -0.2) is 42.9 Å². The molecule has 0 aliphatic rings. The average molecular weight is 363 g/mol. The normalized spacial score (nSPS) is 13.8. The Bertz CT molecular complexity index is 480. The smallest absolute Gasteiger partial charge is 0.148 e. The topological polar surface area (TPSA) is 32.3 Å². The Morgan fingerprint density at radius 2 is 1.42 bits per heavy atom. The summed E-state index contributed by atoms with van der Waals surface area (Å²) in [5.74, 6) is 0.246. The quantitative estimate of drug-likeness (QED) is 0.336. The van der Waals surface area contributed by atoms with E-state index in [1.165, 1.54) is 16.7 Å². The molecule has 0 saturated heterocycles. The second-order valence-corrected chi connectivity index (χ2v) is 7.47. The maximum absolute atomic E-state index is 11.8. The summed E-state index contributed by atoms with van der Waals surface area (Å²) >= 11 is 0. The molecule has 0 aromatic rings. The van der Waals surface area contributed by atoms with E-state index in [1.807, 2.05) is 0 Å². The molecule has 0 amide bonds. The Balaban J connectivity index is 4.17. The van der Waals surface area contributed by atoms with E-state index in [2.05, 4.69) is 70.0 Å². The molecule has 1 atom stereocenters. The molecule has 3 heteroatoms. The molecule has 150 valence electrons. The molecule has 0 spiro atoms. The largest absolute Gasteiger partial charge is 0.311 e. The number of nitrogens with zero attached hydrogens (tertiary/aromatic N) is 1. The van der Waals surface area contributed by atoms with Gasteiger partial charge >= 0.3 is 0 Å². The van der Waals surface area contributed by atoms with Gasteiger partial charge in [-0.05, 0) is 73.4 Å². The Labute approximate surface area is 162 Å². The van der Waals surface area contributed by atoms with Crippen LogP contribution in [0.4, 0.5) is 0 Å². The van der Waals surface area contributed by atoms with E-state index in [-0.39, 0.29) is 11.8 Å². The second kappa shape index (κ2) is 14.9. The summed E-state index contributed by atoms with van der Waals surface area (Å²) in [7, 11) is 0. The van der Waals surface area contributed by atoms with Crippen molar-refractivity contribution < 1.29 is 4.79 Å².